The summed E-state index contributed by atoms with van der Waals surface area (Å²) in [5, 5.41) is 6.92. The first-order chi connectivity index (χ1) is 8.58. The largest absolute Gasteiger partial charge is 0.489 e. The van der Waals surface area contributed by atoms with Crippen molar-refractivity contribution >= 4 is 69.1 Å². The predicted molar refractivity (Wildman–Crippen MR) is 95.5 cm³/mol. The highest BCUT2D eigenvalue weighted by atomic mass is 127. The maximum atomic E-state index is 6.03. The Labute approximate surface area is 148 Å². The molecule has 0 unspecified atom stereocenters. The Hall–Kier alpha value is 0.0800. The molecule has 0 heterocycles. The van der Waals surface area contributed by atoms with Gasteiger partial charge in [0.05, 0.1) is 16.6 Å². The number of rotatable bonds is 4. The normalized spacial score (nSPS) is 10.7. The first-order valence-corrected chi connectivity index (χ1v) is 6.79. The summed E-state index contributed by atoms with van der Waals surface area (Å²) in [6.45, 7) is 1.03. The molecule has 1 aromatic rings. The van der Waals surface area contributed by atoms with E-state index in [0.29, 0.717) is 34.9 Å². The van der Waals surface area contributed by atoms with Gasteiger partial charge in [-0.1, -0.05) is 39.1 Å². The van der Waals surface area contributed by atoms with Gasteiger partial charge in [-0.2, -0.15) is 0 Å². The molecule has 19 heavy (non-hydrogen) atoms. The molecule has 0 fully saturated rings. The fraction of sp³-hybridized carbons (Fsp3) is 0.364. The minimum atomic E-state index is 0. The number of benzene rings is 1. The maximum Gasteiger partial charge on any atom is 0.190 e. The Morgan fingerprint density at radius 2 is 1.95 bits per heavy atom. The van der Waals surface area contributed by atoms with Gasteiger partial charge >= 0.3 is 0 Å². The Balaban J connectivity index is 0.00000324. The molecule has 0 aromatic heterocycles. The van der Waals surface area contributed by atoms with E-state index in [9.17, 15) is 0 Å². The van der Waals surface area contributed by atoms with Gasteiger partial charge in [0.25, 0.3) is 0 Å². The lowest BCUT2D eigenvalue weighted by Gasteiger charge is -2.12. The Morgan fingerprint density at radius 1 is 1.37 bits per heavy atom. The predicted octanol–water partition coefficient (Wildman–Crippen LogP) is 3.55. The summed E-state index contributed by atoms with van der Waals surface area (Å²) < 4.78 is 6.35. The van der Waals surface area contributed by atoms with Crippen LogP contribution in [0.25, 0.3) is 0 Å². The van der Waals surface area contributed by atoms with Gasteiger partial charge in [0.2, 0.25) is 0 Å². The maximum absolute atomic E-state index is 6.03. The van der Waals surface area contributed by atoms with Crippen LogP contribution in [-0.2, 0) is 0 Å². The topological polar surface area (TPSA) is 45.7 Å². The molecule has 2 N–H and O–H groups in total. The molecule has 0 amide bonds. The van der Waals surface area contributed by atoms with Crippen molar-refractivity contribution in [3.05, 3.63) is 26.7 Å². The van der Waals surface area contributed by atoms with Gasteiger partial charge in [-0.25, -0.2) is 0 Å². The summed E-state index contributed by atoms with van der Waals surface area (Å²) in [7, 11) is 3.49. The van der Waals surface area contributed by atoms with E-state index in [1.165, 1.54) is 0 Å². The molecule has 0 saturated carbocycles. The average Bonchev–Trinajstić information content (AvgIpc) is 2.32. The number of halogens is 4. The number of guanidine groups is 1. The molecular weight excluding hydrogens is 468 g/mol. The highest BCUT2D eigenvalue weighted by molar-refractivity contribution is 14.0. The number of ether oxygens (including phenoxy) is 1. The van der Waals surface area contributed by atoms with E-state index in [4.69, 9.17) is 27.9 Å². The molecule has 0 spiro atoms. The van der Waals surface area contributed by atoms with E-state index in [0.717, 1.165) is 4.47 Å². The molecule has 108 valence electrons. The lowest BCUT2D eigenvalue weighted by Crippen LogP contribution is -2.37. The van der Waals surface area contributed by atoms with E-state index < -0.39 is 0 Å². The highest BCUT2D eigenvalue weighted by Crippen LogP contribution is 2.35. The van der Waals surface area contributed by atoms with Crippen molar-refractivity contribution in [1.82, 2.24) is 10.6 Å². The molecular formula is C11H15BrCl2IN3O. The van der Waals surface area contributed by atoms with Crippen LogP contribution in [0.3, 0.4) is 0 Å². The molecule has 0 radical (unpaired) electrons. The van der Waals surface area contributed by atoms with Gasteiger partial charge in [-0.05, 0) is 12.1 Å². The Morgan fingerprint density at radius 3 is 2.42 bits per heavy atom. The van der Waals surface area contributed by atoms with E-state index in [2.05, 4.69) is 31.6 Å². The SMILES string of the molecule is CN=C(NC)NCCOc1c(Cl)cc(Br)cc1Cl.I. The van der Waals surface area contributed by atoms with Gasteiger partial charge in [0.1, 0.15) is 6.61 Å². The second kappa shape index (κ2) is 9.90. The summed E-state index contributed by atoms with van der Waals surface area (Å²) in [5.41, 5.74) is 0. The second-order valence-corrected chi connectivity index (χ2v) is 5.03. The molecule has 0 atom stereocenters. The molecule has 0 aliphatic rings. The van der Waals surface area contributed by atoms with Crippen LogP contribution in [0, 0.1) is 0 Å². The van der Waals surface area contributed by atoms with Gasteiger partial charge < -0.3 is 15.4 Å². The zero-order chi connectivity index (χ0) is 13.5. The monoisotopic (exact) mass is 481 g/mol. The summed E-state index contributed by atoms with van der Waals surface area (Å²) in [6.07, 6.45) is 0. The number of hydrogen-bond acceptors (Lipinski definition) is 2. The van der Waals surface area contributed by atoms with Crippen LogP contribution in [0.5, 0.6) is 5.75 Å². The van der Waals surface area contributed by atoms with Crippen molar-refractivity contribution < 1.29 is 4.74 Å². The van der Waals surface area contributed by atoms with Crippen LogP contribution in [0.4, 0.5) is 0 Å². The average molecular weight is 483 g/mol. The molecule has 0 saturated heterocycles. The molecule has 0 aliphatic heterocycles. The minimum Gasteiger partial charge on any atom is -0.489 e. The van der Waals surface area contributed by atoms with Crippen LogP contribution >= 0.6 is 63.1 Å². The first kappa shape index (κ1) is 19.1. The Bertz CT molecular complexity index is 423. The van der Waals surface area contributed by atoms with Crippen LogP contribution in [-0.4, -0.2) is 33.2 Å². The summed E-state index contributed by atoms with van der Waals surface area (Å²) in [5.74, 6) is 1.19. The van der Waals surface area contributed by atoms with Crippen LogP contribution in [0.1, 0.15) is 0 Å². The molecule has 8 heteroatoms. The van der Waals surface area contributed by atoms with Crippen LogP contribution in [0.15, 0.2) is 21.6 Å². The lowest BCUT2D eigenvalue weighted by molar-refractivity contribution is 0.322. The summed E-state index contributed by atoms with van der Waals surface area (Å²) in [4.78, 5) is 3.98. The number of nitrogens with zero attached hydrogens (tertiary/aromatic N) is 1. The third-order valence-corrected chi connectivity index (χ3v) is 3.08. The fourth-order valence-corrected chi connectivity index (χ4v) is 2.59. The van der Waals surface area contributed by atoms with Crippen LogP contribution in [0.2, 0.25) is 10.0 Å². The molecule has 0 bridgehead atoms. The van der Waals surface area contributed by atoms with Gasteiger partial charge in [-0.3, -0.25) is 4.99 Å². The zero-order valence-electron chi connectivity index (χ0n) is 10.5. The molecule has 0 aliphatic carbocycles. The second-order valence-electron chi connectivity index (χ2n) is 3.30. The minimum absolute atomic E-state index is 0. The van der Waals surface area contributed by atoms with E-state index >= 15 is 0 Å². The Kier molecular flexibility index (Phi) is 9.94. The smallest absolute Gasteiger partial charge is 0.190 e. The standard InChI is InChI=1S/C11H14BrCl2N3O.HI/c1-15-11(16-2)17-3-4-18-10-8(13)5-7(12)6-9(10)14;/h5-6H,3-4H2,1-2H3,(H2,15,16,17);1H. The van der Waals surface area contributed by atoms with E-state index in [-0.39, 0.29) is 24.0 Å². The summed E-state index contributed by atoms with van der Waals surface area (Å²) in [6, 6.07) is 3.48. The van der Waals surface area contributed by atoms with Crippen molar-refractivity contribution in [3.8, 4) is 5.75 Å². The van der Waals surface area contributed by atoms with E-state index in [1.807, 2.05) is 0 Å². The quantitative estimate of drug-likeness (QED) is 0.298. The highest BCUT2D eigenvalue weighted by Gasteiger charge is 2.08. The zero-order valence-corrected chi connectivity index (χ0v) is 15.9. The third-order valence-electron chi connectivity index (χ3n) is 2.06. The lowest BCUT2D eigenvalue weighted by atomic mass is 10.3. The number of aliphatic imine (C=N–C) groups is 1. The van der Waals surface area contributed by atoms with E-state index in [1.54, 1.807) is 26.2 Å². The number of hydrogen-bond donors (Lipinski definition) is 2. The summed E-state index contributed by atoms with van der Waals surface area (Å²) >= 11 is 15.4. The van der Waals surface area contributed by atoms with Gasteiger partial charge in [0.15, 0.2) is 11.7 Å². The third kappa shape index (κ3) is 6.37. The fourth-order valence-electron chi connectivity index (χ4n) is 1.27. The van der Waals surface area contributed by atoms with Gasteiger partial charge in [0, 0.05) is 18.6 Å². The number of nitrogens with one attached hydrogen (secondary N) is 2. The van der Waals surface area contributed by atoms with Crippen molar-refractivity contribution in [3.63, 3.8) is 0 Å². The van der Waals surface area contributed by atoms with Crippen molar-refractivity contribution in [2.75, 3.05) is 27.2 Å². The van der Waals surface area contributed by atoms with Crippen molar-refractivity contribution in [1.29, 1.82) is 0 Å². The van der Waals surface area contributed by atoms with Crippen LogP contribution < -0.4 is 15.4 Å². The van der Waals surface area contributed by atoms with Gasteiger partial charge in [-0.15, -0.1) is 24.0 Å². The van der Waals surface area contributed by atoms with Crippen molar-refractivity contribution in [2.45, 2.75) is 0 Å². The first-order valence-electron chi connectivity index (χ1n) is 5.24. The molecule has 1 aromatic carbocycles. The molecule has 4 nitrogen and oxygen atoms in total. The van der Waals surface area contributed by atoms with Crippen molar-refractivity contribution in [2.24, 2.45) is 4.99 Å². The molecule has 1 rings (SSSR count).